The van der Waals surface area contributed by atoms with E-state index >= 15 is 0 Å². The van der Waals surface area contributed by atoms with E-state index in [2.05, 4.69) is 10.3 Å². The van der Waals surface area contributed by atoms with Crippen molar-refractivity contribution in [2.24, 2.45) is 0 Å². The molecule has 0 atom stereocenters. The maximum atomic E-state index is 13.0. The summed E-state index contributed by atoms with van der Waals surface area (Å²) in [7, 11) is 0. The van der Waals surface area contributed by atoms with Crippen molar-refractivity contribution in [2.45, 2.75) is 17.9 Å². The summed E-state index contributed by atoms with van der Waals surface area (Å²) < 4.78 is 40.1. The van der Waals surface area contributed by atoms with Gasteiger partial charge in [0.05, 0.1) is 23.4 Å². The monoisotopic (exact) mass is 475 g/mol. The smallest absolute Gasteiger partial charge is 0.325 e. The number of alkyl halides is 3. The summed E-state index contributed by atoms with van der Waals surface area (Å²) in [5.41, 5.74) is 0.771. The van der Waals surface area contributed by atoms with E-state index in [-0.39, 0.29) is 17.0 Å². The van der Waals surface area contributed by atoms with E-state index < -0.39 is 17.6 Å². The number of amides is 1. The molecule has 4 aromatic rings. The van der Waals surface area contributed by atoms with Crippen molar-refractivity contribution in [1.29, 1.82) is 0 Å². The van der Waals surface area contributed by atoms with E-state index in [1.54, 1.807) is 11.4 Å². The molecule has 0 unspecified atom stereocenters. The van der Waals surface area contributed by atoms with E-state index in [9.17, 15) is 22.8 Å². The van der Waals surface area contributed by atoms with Crippen LogP contribution in [0.15, 0.2) is 76.0 Å². The molecule has 0 bridgehead atoms. The molecule has 32 heavy (non-hydrogen) atoms. The zero-order valence-corrected chi connectivity index (χ0v) is 18.1. The molecule has 10 heteroatoms. The van der Waals surface area contributed by atoms with Crippen molar-refractivity contribution >= 4 is 44.9 Å². The minimum absolute atomic E-state index is 0.0576. The molecule has 2 aromatic heterocycles. The summed E-state index contributed by atoms with van der Waals surface area (Å²) in [4.78, 5) is 29.9. The third-order valence-corrected chi connectivity index (χ3v) is 6.41. The van der Waals surface area contributed by atoms with Crippen molar-refractivity contribution in [1.82, 2.24) is 9.55 Å². The highest BCUT2D eigenvalue weighted by molar-refractivity contribution is 7.99. The average molecular weight is 476 g/mol. The Morgan fingerprint density at radius 1 is 1.06 bits per heavy atom. The number of carbonyl (C=O) groups is 1. The third kappa shape index (κ3) is 5.03. The molecule has 0 aliphatic heterocycles. The molecule has 5 nitrogen and oxygen atoms in total. The molecule has 1 N–H and O–H groups in total. The summed E-state index contributed by atoms with van der Waals surface area (Å²) in [5, 5.41) is 4.75. The largest absolute Gasteiger partial charge is 0.416 e. The summed E-state index contributed by atoms with van der Waals surface area (Å²) in [6.07, 6.45) is -4.44. The van der Waals surface area contributed by atoms with Crippen molar-refractivity contribution in [3.8, 4) is 0 Å². The fraction of sp³-hybridized carbons (Fsp3) is 0.136. The predicted molar refractivity (Wildman–Crippen MR) is 120 cm³/mol. The third-order valence-electron chi connectivity index (χ3n) is 4.54. The van der Waals surface area contributed by atoms with Gasteiger partial charge in [-0.1, -0.05) is 42.1 Å². The molecular weight excluding hydrogens is 459 g/mol. The number of nitrogens with one attached hydrogen (secondary N) is 1. The van der Waals surface area contributed by atoms with Gasteiger partial charge in [-0.3, -0.25) is 14.2 Å². The first kappa shape index (κ1) is 22.1. The van der Waals surface area contributed by atoms with Crippen molar-refractivity contribution < 1.29 is 18.0 Å². The van der Waals surface area contributed by atoms with Crippen LogP contribution < -0.4 is 10.9 Å². The van der Waals surface area contributed by atoms with Crippen LogP contribution in [-0.4, -0.2) is 21.2 Å². The Hall–Kier alpha value is -3.11. The number of halogens is 3. The number of anilines is 1. The van der Waals surface area contributed by atoms with E-state index in [0.717, 1.165) is 29.5 Å². The molecule has 0 spiro atoms. The maximum absolute atomic E-state index is 13.0. The molecule has 164 valence electrons. The molecule has 2 aromatic carbocycles. The Labute approximate surface area is 188 Å². The molecule has 1 amide bonds. The fourth-order valence-electron chi connectivity index (χ4n) is 3.01. The van der Waals surface area contributed by atoms with Crippen LogP contribution in [0.3, 0.4) is 0 Å². The van der Waals surface area contributed by atoms with Gasteiger partial charge in [0.15, 0.2) is 5.16 Å². The zero-order chi connectivity index (χ0) is 22.7. The number of benzene rings is 2. The molecule has 0 aliphatic carbocycles. The van der Waals surface area contributed by atoms with Crippen molar-refractivity contribution in [3.63, 3.8) is 0 Å². The second-order valence-corrected chi connectivity index (χ2v) is 8.68. The van der Waals surface area contributed by atoms with Crippen LogP contribution >= 0.6 is 23.1 Å². The minimum Gasteiger partial charge on any atom is -0.325 e. The van der Waals surface area contributed by atoms with Gasteiger partial charge in [-0.15, -0.1) is 11.3 Å². The van der Waals surface area contributed by atoms with Gasteiger partial charge >= 0.3 is 6.18 Å². The first-order valence-corrected chi connectivity index (χ1v) is 11.3. The summed E-state index contributed by atoms with van der Waals surface area (Å²) in [6, 6.07) is 15.4. The highest BCUT2D eigenvalue weighted by Crippen LogP contribution is 2.30. The topological polar surface area (TPSA) is 64.0 Å². The Morgan fingerprint density at radius 2 is 1.78 bits per heavy atom. The molecular formula is C22H16F3N3O2S2. The summed E-state index contributed by atoms with van der Waals surface area (Å²) >= 11 is 2.41. The Kier molecular flexibility index (Phi) is 6.33. The van der Waals surface area contributed by atoms with Gasteiger partial charge < -0.3 is 5.32 Å². The van der Waals surface area contributed by atoms with Crippen LogP contribution in [0.25, 0.3) is 10.2 Å². The van der Waals surface area contributed by atoms with Gasteiger partial charge in [-0.25, -0.2) is 4.98 Å². The maximum Gasteiger partial charge on any atom is 0.416 e. The number of fused-ring (bicyclic) bond motifs is 1. The molecule has 2 heterocycles. The number of nitrogens with zero attached hydrogens (tertiary/aromatic N) is 2. The van der Waals surface area contributed by atoms with Crippen LogP contribution in [-0.2, 0) is 17.5 Å². The molecule has 0 radical (unpaired) electrons. The van der Waals surface area contributed by atoms with Gasteiger partial charge in [0.25, 0.3) is 5.56 Å². The zero-order valence-electron chi connectivity index (χ0n) is 16.4. The number of thioether (sulfide) groups is 1. The van der Waals surface area contributed by atoms with E-state index in [4.69, 9.17) is 0 Å². The average Bonchev–Trinajstić information content (AvgIpc) is 3.24. The molecule has 0 saturated carbocycles. The van der Waals surface area contributed by atoms with Crippen molar-refractivity contribution in [2.75, 3.05) is 11.1 Å². The number of rotatable bonds is 6. The van der Waals surface area contributed by atoms with Crippen molar-refractivity contribution in [3.05, 3.63) is 87.5 Å². The number of aromatic nitrogens is 2. The van der Waals surface area contributed by atoms with Crippen LogP contribution in [0.1, 0.15) is 11.1 Å². The lowest BCUT2D eigenvalue weighted by molar-refractivity contribution is -0.137. The summed E-state index contributed by atoms with van der Waals surface area (Å²) in [5.74, 6) is -0.474. The lowest BCUT2D eigenvalue weighted by Gasteiger charge is -2.12. The first-order valence-electron chi connectivity index (χ1n) is 9.43. The second kappa shape index (κ2) is 9.17. The van der Waals surface area contributed by atoms with Gasteiger partial charge in [-0.05, 0) is 41.3 Å². The Balaban J connectivity index is 1.51. The van der Waals surface area contributed by atoms with Crippen LogP contribution in [0.2, 0.25) is 0 Å². The Bertz CT molecular complexity index is 1300. The quantitative estimate of drug-likeness (QED) is 0.305. The molecule has 0 saturated heterocycles. The predicted octanol–water partition coefficient (Wildman–Crippen LogP) is 5.26. The number of hydrogen-bond acceptors (Lipinski definition) is 5. The molecule has 0 aliphatic rings. The van der Waals surface area contributed by atoms with E-state index in [1.807, 2.05) is 30.3 Å². The second-order valence-electron chi connectivity index (χ2n) is 6.82. The van der Waals surface area contributed by atoms with E-state index in [1.165, 1.54) is 28.0 Å². The lowest BCUT2D eigenvalue weighted by atomic mass is 10.2. The lowest BCUT2D eigenvalue weighted by Crippen LogP contribution is -2.24. The fourth-order valence-corrected chi connectivity index (χ4v) is 4.59. The summed E-state index contributed by atoms with van der Waals surface area (Å²) in [6.45, 7) is 0.309. The Morgan fingerprint density at radius 3 is 2.47 bits per heavy atom. The van der Waals surface area contributed by atoms with Gasteiger partial charge in [-0.2, -0.15) is 13.2 Å². The van der Waals surface area contributed by atoms with E-state index in [0.29, 0.717) is 21.9 Å². The van der Waals surface area contributed by atoms with Gasteiger partial charge in [0.1, 0.15) is 4.70 Å². The van der Waals surface area contributed by atoms with Crippen LogP contribution in [0.5, 0.6) is 0 Å². The highest BCUT2D eigenvalue weighted by atomic mass is 32.2. The highest BCUT2D eigenvalue weighted by Gasteiger charge is 2.30. The van der Waals surface area contributed by atoms with Gasteiger partial charge in [0, 0.05) is 5.69 Å². The SMILES string of the molecule is O=C(CSc1nc2ccsc2c(=O)n1Cc1ccccc1)Nc1ccc(C(F)(F)F)cc1. The molecule has 4 rings (SSSR count). The standard InChI is InChI=1S/C22H16F3N3O2S2/c23-22(24,25)15-6-8-16(9-7-15)26-18(29)13-32-21-27-17-10-11-31-19(17)20(30)28(21)12-14-4-2-1-3-5-14/h1-11H,12-13H2,(H,26,29). The van der Waals surface area contributed by atoms with Gasteiger partial charge in [0.2, 0.25) is 5.91 Å². The number of hydrogen-bond donors (Lipinski definition) is 1. The normalized spacial score (nSPS) is 11.6. The van der Waals surface area contributed by atoms with Crippen LogP contribution in [0.4, 0.5) is 18.9 Å². The number of carbonyl (C=O) groups excluding carboxylic acids is 1. The minimum atomic E-state index is -4.44. The molecule has 0 fully saturated rings. The van der Waals surface area contributed by atoms with Crippen LogP contribution in [0, 0.1) is 0 Å². The number of thiophene rings is 1. The first-order chi connectivity index (χ1) is 15.3.